The minimum atomic E-state index is -1.17. The van der Waals surface area contributed by atoms with E-state index in [-0.39, 0.29) is 23.5 Å². The van der Waals surface area contributed by atoms with Crippen LogP contribution in [0.25, 0.3) is 21.9 Å². The fraction of sp³-hybridized carbons (Fsp3) is 0.174. The Hall–Kier alpha value is -3.87. The molecule has 0 unspecified atom stereocenters. The highest BCUT2D eigenvalue weighted by atomic mass is 16.6. The molecular formula is C23H17NO6. The van der Waals surface area contributed by atoms with Crippen LogP contribution in [0, 0.1) is 0 Å². The zero-order chi connectivity index (χ0) is 20.8. The quantitative estimate of drug-likeness (QED) is 0.417. The zero-order valence-electron chi connectivity index (χ0n) is 16.0. The van der Waals surface area contributed by atoms with E-state index < -0.39 is 29.2 Å². The molecule has 0 fully saturated rings. The van der Waals surface area contributed by atoms with Crippen molar-refractivity contribution in [3.05, 3.63) is 86.5 Å². The molecule has 2 aromatic carbocycles. The van der Waals surface area contributed by atoms with E-state index in [0.717, 1.165) is 5.39 Å². The molecule has 1 N–H and O–H groups in total. The van der Waals surface area contributed by atoms with Crippen LogP contribution in [0.1, 0.15) is 24.0 Å². The number of aromatic amines is 1. The molecule has 150 valence electrons. The average Bonchev–Trinajstić information content (AvgIpc) is 3.15. The van der Waals surface area contributed by atoms with Crippen molar-refractivity contribution >= 4 is 27.8 Å². The van der Waals surface area contributed by atoms with Crippen molar-refractivity contribution in [1.29, 1.82) is 0 Å². The molecule has 2 aromatic heterocycles. The average molecular weight is 403 g/mol. The highest BCUT2D eigenvalue weighted by molar-refractivity contribution is 5.89. The molecule has 0 spiro atoms. The number of hydrogen-bond donors (Lipinski definition) is 1. The Labute approximate surface area is 169 Å². The number of ether oxygens (including phenoxy) is 2. The maximum Gasteiger partial charge on any atom is 0.348 e. The number of para-hydroxylation sites is 2. The summed E-state index contributed by atoms with van der Waals surface area (Å²) in [7, 11) is 0. The molecule has 0 radical (unpaired) electrons. The Balaban J connectivity index is 1.80. The van der Waals surface area contributed by atoms with Gasteiger partial charge in [-0.1, -0.05) is 30.3 Å². The van der Waals surface area contributed by atoms with Crippen molar-refractivity contribution in [2.45, 2.75) is 18.9 Å². The number of aromatic nitrogens is 1. The van der Waals surface area contributed by atoms with Crippen molar-refractivity contribution in [1.82, 2.24) is 4.98 Å². The lowest BCUT2D eigenvalue weighted by molar-refractivity contribution is -0.151. The maximum atomic E-state index is 12.9. The summed E-state index contributed by atoms with van der Waals surface area (Å²) < 4.78 is 16.6. The van der Waals surface area contributed by atoms with Crippen LogP contribution in [-0.4, -0.2) is 23.7 Å². The van der Waals surface area contributed by atoms with Gasteiger partial charge >= 0.3 is 11.6 Å². The number of H-pyrrole nitrogens is 1. The van der Waals surface area contributed by atoms with Gasteiger partial charge in [0.25, 0.3) is 5.56 Å². The first-order valence-electron chi connectivity index (χ1n) is 9.59. The summed E-state index contributed by atoms with van der Waals surface area (Å²) in [5.41, 5.74) is 0.339. The standard InChI is InChI=1S/C23H17NO6/c1-2-28-23(27)20-17(14-11-12-7-3-5-9-15(12)24-21(14)25)18-19(30-20)13-8-4-6-10-16(13)29-22(18)26/h3-11,17,20H,2H2,1H3,(H,24,25)/t17-,20+/m0/s1. The lowest BCUT2D eigenvalue weighted by atomic mass is 9.88. The minimum Gasteiger partial charge on any atom is -0.476 e. The lowest BCUT2D eigenvalue weighted by Gasteiger charge is -2.17. The predicted octanol–water partition coefficient (Wildman–Crippen LogP) is 3.09. The first-order valence-corrected chi connectivity index (χ1v) is 9.59. The largest absolute Gasteiger partial charge is 0.476 e. The van der Waals surface area contributed by atoms with Crippen LogP contribution < -0.4 is 15.9 Å². The Morgan fingerprint density at radius 1 is 1.10 bits per heavy atom. The lowest BCUT2D eigenvalue weighted by Crippen LogP contribution is -2.35. The third-order valence-corrected chi connectivity index (χ3v) is 5.29. The Morgan fingerprint density at radius 2 is 1.87 bits per heavy atom. The summed E-state index contributed by atoms with van der Waals surface area (Å²) in [5, 5.41) is 1.33. The van der Waals surface area contributed by atoms with Crippen LogP contribution in [0.2, 0.25) is 0 Å². The topological polar surface area (TPSA) is 98.6 Å². The highest BCUT2D eigenvalue weighted by Gasteiger charge is 2.46. The Morgan fingerprint density at radius 3 is 2.70 bits per heavy atom. The second-order valence-corrected chi connectivity index (χ2v) is 7.04. The van der Waals surface area contributed by atoms with Crippen LogP contribution >= 0.6 is 0 Å². The molecule has 0 saturated carbocycles. The van der Waals surface area contributed by atoms with Gasteiger partial charge in [0.1, 0.15) is 11.3 Å². The van der Waals surface area contributed by atoms with Crippen LogP contribution in [0.4, 0.5) is 0 Å². The van der Waals surface area contributed by atoms with Crippen molar-refractivity contribution in [3.8, 4) is 5.75 Å². The highest BCUT2D eigenvalue weighted by Crippen LogP contribution is 2.44. The number of benzene rings is 2. The Kier molecular flexibility index (Phi) is 4.17. The van der Waals surface area contributed by atoms with Gasteiger partial charge in [0.2, 0.25) is 6.10 Å². The van der Waals surface area contributed by atoms with Gasteiger partial charge in [0.15, 0.2) is 0 Å². The van der Waals surface area contributed by atoms with Crippen LogP contribution in [0.15, 0.2) is 68.6 Å². The Bertz CT molecular complexity index is 1420. The van der Waals surface area contributed by atoms with E-state index >= 15 is 0 Å². The van der Waals surface area contributed by atoms with Crippen molar-refractivity contribution in [2.75, 3.05) is 6.61 Å². The summed E-state index contributed by atoms with van der Waals surface area (Å²) in [4.78, 5) is 41.4. The number of rotatable bonds is 3. The molecule has 5 rings (SSSR count). The van der Waals surface area contributed by atoms with E-state index in [9.17, 15) is 14.4 Å². The molecule has 7 nitrogen and oxygen atoms in total. The van der Waals surface area contributed by atoms with Gasteiger partial charge < -0.3 is 18.9 Å². The number of pyridine rings is 1. The van der Waals surface area contributed by atoms with Gasteiger partial charge in [-0.05, 0) is 36.6 Å². The van der Waals surface area contributed by atoms with Gasteiger partial charge in [-0.3, -0.25) is 4.79 Å². The molecule has 0 amide bonds. The van der Waals surface area contributed by atoms with Crippen LogP contribution in [-0.2, 0) is 9.53 Å². The number of fused-ring (bicyclic) bond motifs is 4. The molecule has 30 heavy (non-hydrogen) atoms. The van der Waals surface area contributed by atoms with E-state index in [1.54, 1.807) is 43.3 Å². The molecule has 7 heteroatoms. The minimum absolute atomic E-state index is 0.144. The number of esters is 1. The smallest absolute Gasteiger partial charge is 0.348 e. The molecule has 1 aliphatic heterocycles. The molecule has 0 aliphatic carbocycles. The van der Waals surface area contributed by atoms with Gasteiger partial charge in [0.05, 0.1) is 23.5 Å². The molecule has 3 heterocycles. The number of hydrogen-bond acceptors (Lipinski definition) is 6. The summed E-state index contributed by atoms with van der Waals surface area (Å²) in [5.74, 6) is -1.35. The molecule has 0 bridgehead atoms. The zero-order valence-corrected chi connectivity index (χ0v) is 16.0. The molecule has 0 saturated heterocycles. The van der Waals surface area contributed by atoms with E-state index in [1.165, 1.54) is 0 Å². The van der Waals surface area contributed by atoms with Gasteiger partial charge in [-0.15, -0.1) is 0 Å². The van der Waals surface area contributed by atoms with Gasteiger partial charge in [-0.25, -0.2) is 9.59 Å². The van der Waals surface area contributed by atoms with E-state index in [0.29, 0.717) is 16.5 Å². The monoisotopic (exact) mass is 403 g/mol. The normalized spacial score (nSPS) is 17.6. The van der Waals surface area contributed by atoms with Crippen molar-refractivity contribution < 1.29 is 18.7 Å². The predicted molar refractivity (Wildman–Crippen MR) is 110 cm³/mol. The first-order chi connectivity index (χ1) is 14.6. The molecular weight excluding hydrogens is 386 g/mol. The van der Waals surface area contributed by atoms with Gasteiger partial charge in [-0.2, -0.15) is 0 Å². The summed E-state index contributed by atoms with van der Waals surface area (Å²) in [6.07, 6.45) is -1.17. The van der Waals surface area contributed by atoms with E-state index in [1.807, 2.05) is 18.2 Å². The number of carbonyl (C=O) groups excluding carboxylic acids is 1. The van der Waals surface area contributed by atoms with E-state index in [2.05, 4.69) is 4.98 Å². The molecule has 2 atom stereocenters. The second-order valence-electron chi connectivity index (χ2n) is 7.04. The van der Waals surface area contributed by atoms with E-state index in [4.69, 9.17) is 13.9 Å². The first kappa shape index (κ1) is 18.2. The third-order valence-electron chi connectivity index (χ3n) is 5.29. The van der Waals surface area contributed by atoms with Crippen LogP contribution in [0.5, 0.6) is 5.75 Å². The fourth-order valence-electron chi connectivity index (χ4n) is 4.00. The number of carbonyl (C=O) groups is 1. The van der Waals surface area contributed by atoms with Gasteiger partial charge in [0, 0.05) is 11.1 Å². The SMILES string of the molecule is CCOC(=O)[C@@H]1Oc2c(c(=O)oc3ccccc23)[C@@H]1c1cc2ccccc2[nH]c1=O. The summed E-state index contributed by atoms with van der Waals surface area (Å²) >= 11 is 0. The summed E-state index contributed by atoms with van der Waals surface area (Å²) in [6, 6.07) is 15.9. The van der Waals surface area contributed by atoms with Crippen molar-refractivity contribution in [2.24, 2.45) is 0 Å². The summed E-state index contributed by atoms with van der Waals surface area (Å²) in [6.45, 7) is 1.83. The molecule has 4 aromatic rings. The number of nitrogens with one attached hydrogen (secondary N) is 1. The molecule has 1 aliphatic rings. The van der Waals surface area contributed by atoms with Crippen LogP contribution in [0.3, 0.4) is 0 Å². The third kappa shape index (κ3) is 2.70. The van der Waals surface area contributed by atoms with Crippen molar-refractivity contribution in [3.63, 3.8) is 0 Å². The maximum absolute atomic E-state index is 12.9. The fourth-order valence-corrected chi connectivity index (χ4v) is 4.00. The second kappa shape index (κ2) is 6.88.